The van der Waals surface area contributed by atoms with E-state index in [1.54, 1.807) is 37.6 Å². The summed E-state index contributed by atoms with van der Waals surface area (Å²) in [6, 6.07) is 5.14. The van der Waals surface area contributed by atoms with Gasteiger partial charge in [-0.15, -0.1) is 11.3 Å². The molecule has 0 aliphatic carbocycles. The average molecular weight is 1020 g/mol. The maximum absolute atomic E-state index is 13.1. The maximum atomic E-state index is 13.1. The number of carbonyl (C=O) groups excluding carboxylic acids is 7. The number of aromatic nitrogens is 1. The molecule has 0 spiro atoms. The Kier molecular flexibility index (Phi) is 17.7. The van der Waals surface area contributed by atoms with Gasteiger partial charge >= 0.3 is 23.9 Å². The molecule has 0 bridgehead atoms. The van der Waals surface area contributed by atoms with E-state index in [0.717, 1.165) is 38.2 Å². The Bertz CT molecular complexity index is 2760. The third-order valence-electron chi connectivity index (χ3n) is 11.2. The summed E-state index contributed by atoms with van der Waals surface area (Å²) in [5.74, 6) is -6.14. The molecule has 3 amide bonds. The number of esters is 4. The number of likely N-dealkylation sites (N-methyl/N-ethyl adjacent to an activating group) is 3. The zero-order valence-electron chi connectivity index (χ0n) is 39.6. The fraction of sp³-hybridized carbons (Fsp3) is 0.477. The Morgan fingerprint density at radius 3 is 2.23 bits per heavy atom. The smallest absolute Gasteiger partial charge is 0.347 e. The summed E-state index contributed by atoms with van der Waals surface area (Å²) in [4.78, 5) is 95.1. The highest BCUT2D eigenvalue weighted by Gasteiger charge is 2.39. The van der Waals surface area contributed by atoms with Gasteiger partial charge in [0.15, 0.2) is 18.3 Å². The number of rotatable bonds is 21. The number of nitrogens with zero attached hydrogens (tertiary/aromatic N) is 2. The molecule has 0 saturated heterocycles. The lowest BCUT2D eigenvalue weighted by atomic mass is 10.0. The third-order valence-corrected chi connectivity index (χ3v) is 16.5. The lowest BCUT2D eigenvalue weighted by molar-refractivity contribution is -0.179. The van der Waals surface area contributed by atoms with E-state index in [1.807, 2.05) is 13.8 Å². The zero-order valence-corrected chi connectivity index (χ0v) is 42.0. The fourth-order valence-electron chi connectivity index (χ4n) is 7.29. The Balaban J connectivity index is 1.09. The van der Waals surface area contributed by atoms with E-state index in [2.05, 4.69) is 25.8 Å². The first kappa shape index (κ1) is 54.0. The molecule has 0 radical (unpaired) electrons. The molecule has 25 heteroatoms. The summed E-state index contributed by atoms with van der Waals surface area (Å²) < 4.78 is 74.8. The number of nitrogens with one attached hydrogen (secondary N) is 5. The van der Waals surface area contributed by atoms with Crippen molar-refractivity contribution in [1.82, 2.24) is 29.5 Å². The van der Waals surface area contributed by atoms with Crippen molar-refractivity contribution in [2.24, 2.45) is 0 Å². The second-order valence-corrected chi connectivity index (χ2v) is 21.3. The highest BCUT2D eigenvalue weighted by molar-refractivity contribution is 7.94. The van der Waals surface area contributed by atoms with Crippen LogP contribution in [0.3, 0.4) is 0 Å². The highest BCUT2D eigenvalue weighted by atomic mass is 32.3. The molecule has 22 nitrogen and oxygen atoms in total. The zero-order chi connectivity index (χ0) is 51.1. The van der Waals surface area contributed by atoms with Crippen molar-refractivity contribution in [3.05, 3.63) is 57.9 Å². The van der Waals surface area contributed by atoms with E-state index in [1.165, 1.54) is 25.2 Å². The number of carbonyl (C=O) groups is 7. The molecule has 1 aromatic carbocycles. The number of aryl methyl sites for hydroxylation is 1. The summed E-state index contributed by atoms with van der Waals surface area (Å²) in [6.07, 6.45) is -4.33. The first-order valence-electron chi connectivity index (χ1n) is 22.0. The molecule has 5 rings (SSSR count). The van der Waals surface area contributed by atoms with Gasteiger partial charge in [-0.1, -0.05) is 20.8 Å². The minimum absolute atomic E-state index is 0.0571. The van der Waals surface area contributed by atoms with Gasteiger partial charge in [0.05, 0.1) is 24.0 Å². The normalized spacial score (nSPS) is 17.2. The number of anilines is 1. The van der Waals surface area contributed by atoms with Crippen molar-refractivity contribution in [2.75, 3.05) is 51.6 Å². The van der Waals surface area contributed by atoms with E-state index >= 15 is 0 Å². The SMILES string of the molecule is CCN[C@@H]1CN(C)S(=O)(=O)c2sc(S(=O)(=O)NC(=O)C(C)OC(=O)C(C)OC(=O)C(C)OC(=O)CCC(=O)Oc3ccc4c(c3)/C(=C/c3[nH]c(C)c(C(=O)NCCN(CC)CC)c3C)C(=O)N4)cc21. The fourth-order valence-corrected chi connectivity index (χ4v) is 12.0. The lowest BCUT2D eigenvalue weighted by Gasteiger charge is -2.29. The van der Waals surface area contributed by atoms with Crippen LogP contribution in [-0.4, -0.2) is 137 Å². The molecule has 5 N–H and O–H groups in total. The van der Waals surface area contributed by atoms with Crippen LogP contribution in [0.2, 0.25) is 0 Å². The molecule has 2 aliphatic rings. The minimum Gasteiger partial charge on any atom is -0.451 e. The molecule has 3 aromatic rings. The molecular formula is C44H57N7O15S3. The van der Waals surface area contributed by atoms with Crippen LogP contribution in [0.1, 0.15) is 98.9 Å². The van der Waals surface area contributed by atoms with E-state index in [0.29, 0.717) is 64.7 Å². The Morgan fingerprint density at radius 2 is 1.58 bits per heavy atom. The van der Waals surface area contributed by atoms with Gasteiger partial charge in [-0.05, 0) is 90.2 Å². The van der Waals surface area contributed by atoms with Crippen molar-refractivity contribution in [3.8, 4) is 5.75 Å². The Labute approximate surface area is 403 Å². The first-order valence-corrected chi connectivity index (χ1v) is 25.7. The summed E-state index contributed by atoms with van der Waals surface area (Å²) in [5, 5.41) is 8.82. The van der Waals surface area contributed by atoms with Crippen molar-refractivity contribution < 1.29 is 69.3 Å². The standard InChI is InChI=1S/C44H57N7O15S3/c1-10-45-34-22-50(9)69(61,62)44-31(34)21-37(67-44)68(59,60)49-39(54)25(6)64-43(58)27(8)65-42(57)26(7)63-35(52)15-16-36(53)66-28-13-14-32-29(19-28)30(40(55)48-32)20-33-23(4)38(24(5)47-33)41(56)46-17-18-51(11-2)12-3/h13-14,19-21,25-27,34,45,47H,10-12,15-18,22H2,1-9H3,(H,46,56)(H,48,55)(H,49,54)/b30-20-/t25?,26?,27?,34-/m1/s1. The molecular weight excluding hydrogens is 963 g/mol. The average Bonchev–Trinajstić information content (AvgIpc) is 3.97. The van der Waals surface area contributed by atoms with E-state index in [-0.39, 0.29) is 33.5 Å². The van der Waals surface area contributed by atoms with Crippen LogP contribution < -0.4 is 25.4 Å². The number of ether oxygens (including phenoxy) is 4. The number of H-pyrrole nitrogens is 1. The number of amides is 3. The van der Waals surface area contributed by atoms with Crippen LogP contribution in [0.25, 0.3) is 11.6 Å². The maximum Gasteiger partial charge on any atom is 0.347 e. The first-order chi connectivity index (χ1) is 32.4. The van der Waals surface area contributed by atoms with Gasteiger partial charge in [0.2, 0.25) is 0 Å². The lowest BCUT2D eigenvalue weighted by Crippen LogP contribution is -2.41. The predicted molar refractivity (Wildman–Crippen MR) is 251 cm³/mol. The largest absolute Gasteiger partial charge is 0.451 e. The molecule has 0 fully saturated rings. The second-order valence-electron chi connectivity index (χ2n) is 16.1. The van der Waals surface area contributed by atoms with Gasteiger partial charge in [0, 0.05) is 60.9 Å². The van der Waals surface area contributed by atoms with Crippen molar-refractivity contribution in [1.29, 1.82) is 0 Å². The van der Waals surface area contributed by atoms with Gasteiger partial charge in [0.1, 0.15) is 14.2 Å². The van der Waals surface area contributed by atoms with Crippen LogP contribution in [0, 0.1) is 13.8 Å². The van der Waals surface area contributed by atoms with Crippen LogP contribution in [0.15, 0.2) is 32.7 Å². The van der Waals surface area contributed by atoms with Crippen LogP contribution in [0.5, 0.6) is 5.75 Å². The van der Waals surface area contributed by atoms with Gasteiger partial charge < -0.3 is 44.8 Å². The number of thiophene rings is 1. The van der Waals surface area contributed by atoms with Crippen molar-refractivity contribution in [2.45, 2.75) is 101 Å². The van der Waals surface area contributed by atoms with Gasteiger partial charge in [-0.25, -0.2) is 31.1 Å². The Hall–Kier alpha value is -5.99. The molecule has 3 unspecified atom stereocenters. The topological polar surface area (TPSA) is 295 Å². The Morgan fingerprint density at radius 1 is 0.942 bits per heavy atom. The predicted octanol–water partition coefficient (Wildman–Crippen LogP) is 2.53. The summed E-state index contributed by atoms with van der Waals surface area (Å²) >= 11 is 0.462. The van der Waals surface area contributed by atoms with Crippen LogP contribution in [-0.2, 0) is 63.0 Å². The molecule has 4 heterocycles. The van der Waals surface area contributed by atoms with Gasteiger partial charge in [0.25, 0.3) is 37.8 Å². The number of sulfonamides is 2. The molecule has 69 heavy (non-hydrogen) atoms. The third kappa shape index (κ3) is 12.8. The summed E-state index contributed by atoms with van der Waals surface area (Å²) in [5.41, 5.74) is 3.65. The molecule has 376 valence electrons. The van der Waals surface area contributed by atoms with Crippen LogP contribution in [0.4, 0.5) is 5.69 Å². The van der Waals surface area contributed by atoms with E-state index in [4.69, 9.17) is 18.9 Å². The van der Waals surface area contributed by atoms with Gasteiger partial charge in [-0.2, -0.15) is 4.31 Å². The molecule has 2 aromatic heterocycles. The minimum atomic E-state index is -4.63. The van der Waals surface area contributed by atoms with Crippen molar-refractivity contribution >= 4 is 90.3 Å². The highest BCUT2D eigenvalue weighted by Crippen LogP contribution is 2.40. The summed E-state index contributed by atoms with van der Waals surface area (Å²) in [6.45, 7) is 16.2. The van der Waals surface area contributed by atoms with Gasteiger partial charge in [-0.3, -0.25) is 24.0 Å². The molecule has 4 atom stereocenters. The number of fused-ring (bicyclic) bond motifs is 2. The number of benzene rings is 1. The van der Waals surface area contributed by atoms with E-state index in [9.17, 15) is 50.4 Å². The van der Waals surface area contributed by atoms with E-state index < -0.39 is 97.1 Å². The molecule has 2 aliphatic heterocycles. The number of hydrogen-bond donors (Lipinski definition) is 5. The summed E-state index contributed by atoms with van der Waals surface area (Å²) in [7, 11) is -7.25. The number of hydrogen-bond acceptors (Lipinski definition) is 18. The quantitative estimate of drug-likeness (QED) is 0.0443. The molecule has 0 saturated carbocycles. The second kappa shape index (κ2) is 22.6. The van der Waals surface area contributed by atoms with Crippen molar-refractivity contribution in [3.63, 3.8) is 0 Å². The number of aromatic amines is 1. The van der Waals surface area contributed by atoms with Crippen LogP contribution >= 0.6 is 11.3 Å². The monoisotopic (exact) mass is 1020 g/mol.